The molecule has 1 aromatic carbocycles. The lowest BCUT2D eigenvalue weighted by atomic mass is 10.0. The molecule has 0 aliphatic carbocycles. The van der Waals surface area contributed by atoms with Crippen molar-refractivity contribution in [2.24, 2.45) is 4.99 Å². The zero-order valence-corrected chi connectivity index (χ0v) is 21.6. The summed E-state index contributed by atoms with van der Waals surface area (Å²) in [6.07, 6.45) is 6.61. The number of hydrogen-bond donors (Lipinski definition) is 1. The molecule has 0 saturated heterocycles. The van der Waals surface area contributed by atoms with Gasteiger partial charge in [-0.2, -0.15) is 0 Å². The molecule has 0 amide bonds. The van der Waals surface area contributed by atoms with Crippen molar-refractivity contribution in [1.29, 1.82) is 0 Å². The molecule has 0 fully saturated rings. The number of aromatic nitrogens is 3. The number of nitrogens with two attached hydrogens (primary N) is 1. The van der Waals surface area contributed by atoms with E-state index in [1.807, 2.05) is 45.0 Å². The van der Waals surface area contributed by atoms with Gasteiger partial charge in [-0.15, -0.1) is 0 Å². The lowest BCUT2D eigenvalue weighted by Gasteiger charge is -2.16. The van der Waals surface area contributed by atoms with Gasteiger partial charge in [0.2, 0.25) is 0 Å². The fourth-order valence-electron chi connectivity index (χ4n) is 3.95. The van der Waals surface area contributed by atoms with Gasteiger partial charge in [0.15, 0.2) is 0 Å². The number of nitrogen functional groups attached to an aromatic ring is 1. The number of anilines is 1. The normalized spacial score (nSPS) is 12.2. The van der Waals surface area contributed by atoms with Crippen LogP contribution in [-0.4, -0.2) is 20.7 Å². The minimum Gasteiger partial charge on any atom is -0.487 e. The number of allylic oxidation sites excluding steroid dienone is 1. The van der Waals surface area contributed by atoms with Gasteiger partial charge >= 0.3 is 0 Å². The summed E-state index contributed by atoms with van der Waals surface area (Å²) in [6, 6.07) is 11.0. The van der Waals surface area contributed by atoms with Gasteiger partial charge in [0.1, 0.15) is 17.9 Å². The van der Waals surface area contributed by atoms with Crippen molar-refractivity contribution in [3.8, 4) is 5.75 Å². The molecule has 7 nitrogen and oxygen atoms in total. The fourth-order valence-corrected chi connectivity index (χ4v) is 4.33. The van der Waals surface area contributed by atoms with Crippen LogP contribution in [0.5, 0.6) is 5.75 Å². The molecule has 0 unspecified atom stereocenters. The van der Waals surface area contributed by atoms with E-state index in [9.17, 15) is 4.79 Å². The average Bonchev–Trinajstić information content (AvgIpc) is 2.84. The lowest BCUT2D eigenvalue weighted by Crippen LogP contribution is -2.23. The summed E-state index contributed by atoms with van der Waals surface area (Å²) in [4.78, 5) is 25.8. The Bertz CT molecular complexity index is 1560. The quantitative estimate of drug-likeness (QED) is 0.301. The molecule has 36 heavy (non-hydrogen) atoms. The van der Waals surface area contributed by atoms with Gasteiger partial charge in [-0.05, 0) is 50.6 Å². The molecule has 3 heterocycles. The summed E-state index contributed by atoms with van der Waals surface area (Å²) in [5.74, 6) is 0.587. The maximum absolute atomic E-state index is 12.4. The minimum atomic E-state index is -0.279. The van der Waals surface area contributed by atoms with E-state index < -0.39 is 0 Å². The van der Waals surface area contributed by atoms with E-state index in [0.717, 1.165) is 27.8 Å². The molecular formula is C27H25Cl2N5O2. The molecule has 0 radical (unpaired) electrons. The van der Waals surface area contributed by atoms with Gasteiger partial charge in [0, 0.05) is 52.0 Å². The molecule has 0 saturated carbocycles. The van der Waals surface area contributed by atoms with E-state index in [4.69, 9.17) is 38.7 Å². The molecular weight excluding hydrogens is 497 g/mol. The summed E-state index contributed by atoms with van der Waals surface area (Å²) in [5, 5.41) is 1.89. The van der Waals surface area contributed by atoms with Gasteiger partial charge < -0.3 is 15.0 Å². The molecule has 0 bridgehead atoms. The molecule has 0 aliphatic rings. The van der Waals surface area contributed by atoms with Crippen LogP contribution in [0.3, 0.4) is 0 Å². The predicted molar refractivity (Wildman–Crippen MR) is 147 cm³/mol. The molecule has 184 valence electrons. The summed E-state index contributed by atoms with van der Waals surface area (Å²) < 4.78 is 7.77. The fraction of sp³-hybridized carbons (Fsp3) is 0.185. The van der Waals surface area contributed by atoms with Crippen molar-refractivity contribution in [3.63, 3.8) is 0 Å². The molecule has 0 aliphatic heterocycles. The summed E-state index contributed by atoms with van der Waals surface area (Å²) >= 11 is 12.9. The number of aryl methyl sites for hydroxylation is 1. The summed E-state index contributed by atoms with van der Waals surface area (Å²) in [7, 11) is 0. The number of aliphatic imine (C=N–C) groups is 1. The third-order valence-corrected chi connectivity index (χ3v) is 6.13. The molecule has 4 rings (SSSR count). The SMILES string of the molecule is C/C=N\C(=C(/C)Cl)c1cc(C)nc2c(OCc3c(Cl)cncc3Cn3cccc(N)c3=O)cccc12. The van der Waals surface area contributed by atoms with Crippen LogP contribution in [0.4, 0.5) is 5.69 Å². The van der Waals surface area contributed by atoms with E-state index in [2.05, 4.69) is 9.98 Å². The summed E-state index contributed by atoms with van der Waals surface area (Å²) in [5.41, 5.74) is 10.2. The lowest BCUT2D eigenvalue weighted by molar-refractivity contribution is 0.307. The molecule has 9 heteroatoms. The van der Waals surface area contributed by atoms with Crippen molar-refractivity contribution in [2.45, 2.75) is 33.9 Å². The third kappa shape index (κ3) is 5.27. The van der Waals surface area contributed by atoms with Gasteiger partial charge in [0.05, 0.1) is 23.0 Å². The van der Waals surface area contributed by atoms with Crippen LogP contribution in [0.25, 0.3) is 16.6 Å². The number of halogens is 2. The Morgan fingerprint density at radius 1 is 1.25 bits per heavy atom. The van der Waals surface area contributed by atoms with E-state index >= 15 is 0 Å². The minimum absolute atomic E-state index is 0.155. The Morgan fingerprint density at radius 3 is 2.81 bits per heavy atom. The first kappa shape index (κ1) is 25.4. The van der Waals surface area contributed by atoms with Gasteiger partial charge in [-0.25, -0.2) is 4.98 Å². The van der Waals surface area contributed by atoms with Crippen LogP contribution in [0.1, 0.15) is 36.2 Å². The maximum Gasteiger partial charge on any atom is 0.273 e. The molecule has 0 atom stereocenters. The van der Waals surface area contributed by atoms with E-state index in [1.165, 1.54) is 4.57 Å². The monoisotopic (exact) mass is 521 g/mol. The van der Waals surface area contributed by atoms with Crippen molar-refractivity contribution in [2.75, 3.05) is 5.73 Å². The zero-order valence-electron chi connectivity index (χ0n) is 20.1. The van der Waals surface area contributed by atoms with Crippen LogP contribution in [0.15, 0.2) is 69.8 Å². The highest BCUT2D eigenvalue weighted by Crippen LogP contribution is 2.34. The number of ether oxygens (including phenoxy) is 1. The number of hydrogen-bond acceptors (Lipinski definition) is 6. The topological polar surface area (TPSA) is 95.4 Å². The van der Waals surface area contributed by atoms with Gasteiger partial charge in [-0.3, -0.25) is 14.8 Å². The Morgan fingerprint density at radius 2 is 2.06 bits per heavy atom. The maximum atomic E-state index is 12.4. The van der Waals surface area contributed by atoms with E-state index in [1.54, 1.807) is 36.9 Å². The Balaban J connectivity index is 1.73. The Kier molecular flexibility index (Phi) is 7.72. The molecule has 2 N–H and O–H groups in total. The number of pyridine rings is 3. The zero-order chi connectivity index (χ0) is 25.8. The predicted octanol–water partition coefficient (Wildman–Crippen LogP) is 5.98. The van der Waals surface area contributed by atoms with Crippen LogP contribution < -0.4 is 16.0 Å². The smallest absolute Gasteiger partial charge is 0.273 e. The number of fused-ring (bicyclic) bond motifs is 1. The Hall–Kier alpha value is -3.68. The number of para-hydroxylation sites is 1. The second kappa shape index (κ2) is 10.9. The number of nitrogens with zero attached hydrogens (tertiary/aromatic N) is 4. The average molecular weight is 522 g/mol. The standard InChI is InChI=1S/C27H25Cl2N5O2/c1-4-32-25(17(3)28)20-11-16(2)33-26-19(20)7-5-9-24(26)36-15-21-18(12-31-13-22(21)29)14-34-10-6-8-23(30)27(34)35/h4-13H,14-15,30H2,1-3H3/b25-17+,32-4-. The van der Waals surface area contributed by atoms with E-state index in [-0.39, 0.29) is 24.4 Å². The first-order valence-corrected chi connectivity index (χ1v) is 12.0. The third-order valence-electron chi connectivity index (χ3n) is 5.63. The summed E-state index contributed by atoms with van der Waals surface area (Å²) in [6.45, 7) is 5.98. The van der Waals surface area contributed by atoms with Crippen LogP contribution >= 0.6 is 23.2 Å². The van der Waals surface area contributed by atoms with E-state index in [0.29, 0.717) is 27.0 Å². The first-order valence-electron chi connectivity index (χ1n) is 11.2. The number of benzene rings is 1. The van der Waals surface area contributed by atoms with Crippen molar-refractivity contribution >= 4 is 51.7 Å². The van der Waals surface area contributed by atoms with Crippen LogP contribution in [-0.2, 0) is 13.2 Å². The molecule has 4 aromatic rings. The Labute approximate surface area is 218 Å². The molecule has 0 spiro atoms. The van der Waals surface area contributed by atoms with Crippen molar-refractivity contribution in [3.05, 3.63) is 97.8 Å². The van der Waals surface area contributed by atoms with Gasteiger partial charge in [0.25, 0.3) is 5.56 Å². The highest BCUT2D eigenvalue weighted by Gasteiger charge is 2.16. The highest BCUT2D eigenvalue weighted by atomic mass is 35.5. The number of rotatable bonds is 7. The van der Waals surface area contributed by atoms with Crippen LogP contribution in [0.2, 0.25) is 5.02 Å². The largest absolute Gasteiger partial charge is 0.487 e. The van der Waals surface area contributed by atoms with Gasteiger partial charge in [-0.1, -0.05) is 35.3 Å². The second-order valence-electron chi connectivity index (χ2n) is 8.18. The molecule has 3 aromatic heterocycles. The second-order valence-corrected chi connectivity index (χ2v) is 9.15. The van der Waals surface area contributed by atoms with Crippen molar-refractivity contribution in [1.82, 2.24) is 14.5 Å². The first-order chi connectivity index (χ1) is 17.3. The highest BCUT2D eigenvalue weighted by molar-refractivity contribution is 6.32. The van der Waals surface area contributed by atoms with Crippen LogP contribution in [0, 0.1) is 6.92 Å². The van der Waals surface area contributed by atoms with Crippen molar-refractivity contribution < 1.29 is 4.74 Å².